The molecule has 1 unspecified atom stereocenters. The first-order chi connectivity index (χ1) is 11.6. The first-order valence-electron chi connectivity index (χ1n) is 7.68. The first-order valence-corrected chi connectivity index (χ1v) is 8.47. The van der Waals surface area contributed by atoms with Gasteiger partial charge >= 0.3 is 5.97 Å². The van der Waals surface area contributed by atoms with Crippen molar-refractivity contribution in [1.29, 1.82) is 0 Å². The Bertz CT molecular complexity index is 641. The zero-order chi connectivity index (χ0) is 17.4. The highest BCUT2D eigenvalue weighted by molar-refractivity contribution is 9.10. The van der Waals surface area contributed by atoms with Gasteiger partial charge in [0, 0.05) is 17.1 Å². The van der Waals surface area contributed by atoms with Gasteiger partial charge in [-0.2, -0.15) is 0 Å². The number of aliphatic carboxylic acids is 1. The summed E-state index contributed by atoms with van der Waals surface area (Å²) in [6.45, 7) is 3.14. The smallest absolute Gasteiger partial charge is 0.314 e. The van der Waals surface area contributed by atoms with Gasteiger partial charge in [-0.15, -0.1) is 0 Å². The Morgan fingerprint density at radius 3 is 2.67 bits per heavy atom. The summed E-state index contributed by atoms with van der Waals surface area (Å²) < 4.78 is 17.1. The largest absolute Gasteiger partial charge is 0.491 e. The summed E-state index contributed by atoms with van der Waals surface area (Å²) in [5.41, 5.74) is 0.678. The summed E-state index contributed by atoms with van der Waals surface area (Å²) in [6.07, 6.45) is 1.06. The summed E-state index contributed by atoms with van der Waals surface area (Å²) in [7, 11) is 0. The number of ether oxygens (including phenoxy) is 2. The Morgan fingerprint density at radius 1 is 1.29 bits per heavy atom. The topological polar surface area (TPSA) is 81.8 Å². The van der Waals surface area contributed by atoms with E-state index in [1.165, 1.54) is 0 Å². The number of aryl methyl sites for hydroxylation is 1. The number of nitrogens with zero attached hydrogens (tertiary/aromatic N) is 1. The first kappa shape index (κ1) is 18.5. The van der Waals surface area contributed by atoms with E-state index >= 15 is 0 Å². The van der Waals surface area contributed by atoms with Crippen LogP contribution in [0, 0.1) is 6.92 Å². The average molecular weight is 398 g/mol. The second-order valence-corrected chi connectivity index (χ2v) is 6.23. The number of rotatable bonds is 10. The van der Waals surface area contributed by atoms with Crippen LogP contribution in [0.3, 0.4) is 0 Å². The maximum absolute atomic E-state index is 11.3. The van der Waals surface area contributed by atoms with Crippen LogP contribution in [0.2, 0.25) is 0 Å². The van der Waals surface area contributed by atoms with Gasteiger partial charge < -0.3 is 19.1 Å². The number of hydrogen-bond acceptors (Lipinski definition) is 5. The standard InChI is InChI=1S/C17H20BrNO5/c1-12-11-16(24-19-12)15(17(20)21)3-2-8-22-9-10-23-14-6-4-13(18)5-7-14/h4-7,11,15H,2-3,8-10H2,1H3,(H,20,21). The maximum atomic E-state index is 11.3. The van der Waals surface area contributed by atoms with Gasteiger partial charge in [0.05, 0.1) is 12.3 Å². The van der Waals surface area contributed by atoms with E-state index in [9.17, 15) is 9.90 Å². The summed E-state index contributed by atoms with van der Waals surface area (Å²) >= 11 is 3.36. The molecule has 130 valence electrons. The Labute approximate surface area is 148 Å². The van der Waals surface area contributed by atoms with Crippen molar-refractivity contribution >= 4 is 21.9 Å². The maximum Gasteiger partial charge on any atom is 0.314 e. The van der Waals surface area contributed by atoms with Crippen LogP contribution < -0.4 is 4.74 Å². The van der Waals surface area contributed by atoms with Crippen molar-refractivity contribution in [2.45, 2.75) is 25.7 Å². The molecule has 0 fully saturated rings. The van der Waals surface area contributed by atoms with Gasteiger partial charge in [-0.1, -0.05) is 21.1 Å². The lowest BCUT2D eigenvalue weighted by Crippen LogP contribution is -2.13. The van der Waals surface area contributed by atoms with Crippen LogP contribution in [-0.4, -0.2) is 36.1 Å². The fraction of sp³-hybridized carbons (Fsp3) is 0.412. The number of hydrogen-bond donors (Lipinski definition) is 1. The minimum Gasteiger partial charge on any atom is -0.491 e. The molecule has 0 radical (unpaired) electrons. The van der Waals surface area contributed by atoms with Crippen LogP contribution in [0.1, 0.15) is 30.2 Å². The molecule has 1 aromatic carbocycles. The van der Waals surface area contributed by atoms with E-state index in [1.54, 1.807) is 13.0 Å². The molecule has 1 N–H and O–H groups in total. The number of benzene rings is 1. The van der Waals surface area contributed by atoms with Crippen molar-refractivity contribution in [2.75, 3.05) is 19.8 Å². The van der Waals surface area contributed by atoms with Crippen LogP contribution >= 0.6 is 15.9 Å². The summed E-state index contributed by atoms with van der Waals surface area (Å²) in [4.78, 5) is 11.3. The quantitative estimate of drug-likeness (QED) is 0.614. The van der Waals surface area contributed by atoms with E-state index in [0.29, 0.717) is 44.1 Å². The monoisotopic (exact) mass is 397 g/mol. The Balaban J connectivity index is 1.61. The van der Waals surface area contributed by atoms with Gasteiger partial charge in [0.1, 0.15) is 18.3 Å². The lowest BCUT2D eigenvalue weighted by molar-refractivity contribution is -0.139. The van der Waals surface area contributed by atoms with Gasteiger partial charge in [0.2, 0.25) is 0 Å². The van der Waals surface area contributed by atoms with Crippen molar-refractivity contribution in [1.82, 2.24) is 5.16 Å². The lowest BCUT2D eigenvalue weighted by atomic mass is 10.0. The van der Waals surface area contributed by atoms with Gasteiger partial charge in [-0.3, -0.25) is 4.79 Å². The Hall–Kier alpha value is -1.86. The van der Waals surface area contributed by atoms with Crippen molar-refractivity contribution < 1.29 is 23.9 Å². The third kappa shape index (κ3) is 5.98. The van der Waals surface area contributed by atoms with E-state index in [0.717, 1.165) is 10.2 Å². The number of carbonyl (C=O) groups is 1. The normalized spacial score (nSPS) is 12.1. The van der Waals surface area contributed by atoms with Gasteiger partial charge in [0.25, 0.3) is 0 Å². The predicted molar refractivity (Wildman–Crippen MR) is 91.3 cm³/mol. The molecule has 0 saturated carbocycles. The molecule has 7 heteroatoms. The molecule has 0 bridgehead atoms. The van der Waals surface area contributed by atoms with Crippen LogP contribution in [0.5, 0.6) is 5.75 Å². The minimum absolute atomic E-state index is 0.388. The SMILES string of the molecule is Cc1cc(C(CCCOCCOc2ccc(Br)cc2)C(=O)O)on1. The molecular formula is C17H20BrNO5. The van der Waals surface area contributed by atoms with Crippen molar-refractivity contribution in [3.63, 3.8) is 0 Å². The summed E-state index contributed by atoms with van der Waals surface area (Å²) in [6, 6.07) is 9.23. The van der Waals surface area contributed by atoms with E-state index in [-0.39, 0.29) is 0 Å². The van der Waals surface area contributed by atoms with Gasteiger partial charge in [-0.05, 0) is 44.0 Å². The molecule has 0 amide bonds. The van der Waals surface area contributed by atoms with Crippen molar-refractivity contribution in [3.8, 4) is 5.75 Å². The number of halogens is 1. The molecule has 1 atom stereocenters. The summed E-state index contributed by atoms with van der Waals surface area (Å²) in [5, 5.41) is 13.0. The molecule has 0 saturated heterocycles. The minimum atomic E-state index is -0.912. The van der Waals surface area contributed by atoms with Crippen LogP contribution in [-0.2, 0) is 9.53 Å². The molecule has 24 heavy (non-hydrogen) atoms. The highest BCUT2D eigenvalue weighted by Crippen LogP contribution is 2.22. The van der Waals surface area contributed by atoms with E-state index in [1.807, 2.05) is 24.3 Å². The zero-order valence-electron chi connectivity index (χ0n) is 13.4. The molecule has 0 aliphatic rings. The van der Waals surface area contributed by atoms with Gasteiger partial charge in [-0.25, -0.2) is 0 Å². The molecule has 0 spiro atoms. The van der Waals surface area contributed by atoms with Gasteiger partial charge in [0.15, 0.2) is 5.76 Å². The van der Waals surface area contributed by atoms with Crippen LogP contribution in [0.4, 0.5) is 0 Å². The van der Waals surface area contributed by atoms with Crippen molar-refractivity contribution in [2.24, 2.45) is 0 Å². The van der Waals surface area contributed by atoms with Crippen LogP contribution in [0.15, 0.2) is 39.3 Å². The third-order valence-electron chi connectivity index (χ3n) is 3.38. The molecule has 0 aliphatic carbocycles. The molecule has 2 rings (SSSR count). The third-order valence-corrected chi connectivity index (χ3v) is 3.91. The molecule has 1 aromatic heterocycles. The van der Waals surface area contributed by atoms with Crippen LogP contribution in [0.25, 0.3) is 0 Å². The number of carboxylic acids is 1. The summed E-state index contributed by atoms with van der Waals surface area (Å²) in [5.74, 6) is -0.425. The molecular weight excluding hydrogens is 378 g/mol. The fourth-order valence-corrected chi connectivity index (χ4v) is 2.44. The molecule has 6 nitrogen and oxygen atoms in total. The molecule has 2 aromatic rings. The van der Waals surface area contributed by atoms with Crippen molar-refractivity contribution in [3.05, 3.63) is 46.3 Å². The zero-order valence-corrected chi connectivity index (χ0v) is 15.0. The second kappa shape index (κ2) is 9.44. The van der Waals surface area contributed by atoms with E-state index < -0.39 is 11.9 Å². The Morgan fingerprint density at radius 2 is 2.04 bits per heavy atom. The highest BCUT2D eigenvalue weighted by atomic mass is 79.9. The fourth-order valence-electron chi connectivity index (χ4n) is 2.18. The van der Waals surface area contributed by atoms with E-state index in [2.05, 4.69) is 21.1 Å². The molecule has 0 aliphatic heterocycles. The predicted octanol–water partition coefficient (Wildman–Crippen LogP) is 3.79. The average Bonchev–Trinajstić information content (AvgIpc) is 2.97. The lowest BCUT2D eigenvalue weighted by Gasteiger charge is -2.10. The number of carboxylic acid groups (broad SMARTS) is 1. The molecule has 1 heterocycles. The second-order valence-electron chi connectivity index (χ2n) is 5.32. The number of aromatic nitrogens is 1. The highest BCUT2D eigenvalue weighted by Gasteiger charge is 2.23. The Kier molecular flexibility index (Phi) is 7.27. The van der Waals surface area contributed by atoms with E-state index in [4.69, 9.17) is 14.0 Å².